The van der Waals surface area contributed by atoms with Crippen molar-refractivity contribution < 1.29 is 0 Å². The van der Waals surface area contributed by atoms with Crippen LogP contribution in [0.25, 0.3) is 0 Å². The van der Waals surface area contributed by atoms with Crippen LogP contribution in [0.2, 0.25) is 0 Å². The van der Waals surface area contributed by atoms with Gasteiger partial charge in [0.05, 0.1) is 0 Å². The Morgan fingerprint density at radius 2 is 1.41 bits per heavy atom. The summed E-state index contributed by atoms with van der Waals surface area (Å²) in [4.78, 5) is 0. The average Bonchev–Trinajstić information content (AvgIpc) is 3.10. The van der Waals surface area contributed by atoms with E-state index in [1.165, 1.54) is 131 Å². The van der Waals surface area contributed by atoms with Gasteiger partial charge in [-0.25, -0.2) is 0 Å². The molecule has 0 aromatic carbocycles. The predicted octanol–water partition coefficient (Wildman–Crippen LogP) is 14.4. The van der Waals surface area contributed by atoms with Gasteiger partial charge in [0.2, 0.25) is 0 Å². The molecule has 1 rings (SSSR count). The van der Waals surface area contributed by atoms with Crippen LogP contribution in [0.1, 0.15) is 177 Å². The SMILES string of the molecule is C=CC(=CCC(C)=C(C)CCC)CCCCCC(CCC)C(=C)C=C(CC)C(C)=C(C)CC1CCCCCCCC1. The van der Waals surface area contributed by atoms with Gasteiger partial charge < -0.3 is 0 Å². The van der Waals surface area contributed by atoms with Gasteiger partial charge in [0.15, 0.2) is 0 Å². The van der Waals surface area contributed by atoms with Gasteiger partial charge >= 0.3 is 0 Å². The molecular weight excluding hydrogens is 492 g/mol. The highest BCUT2D eigenvalue weighted by Crippen LogP contribution is 2.32. The number of unbranched alkanes of at least 4 members (excludes halogenated alkanes) is 2. The fourth-order valence-corrected chi connectivity index (χ4v) is 6.69. The molecule has 234 valence electrons. The topological polar surface area (TPSA) is 0 Å². The molecule has 1 aliphatic carbocycles. The zero-order valence-electron chi connectivity index (χ0n) is 28.9. The summed E-state index contributed by atoms with van der Waals surface area (Å²) in [7, 11) is 0. The van der Waals surface area contributed by atoms with Crippen molar-refractivity contribution in [3.63, 3.8) is 0 Å². The lowest BCUT2D eigenvalue weighted by Gasteiger charge is -2.21. The molecule has 1 atom stereocenters. The molecule has 1 saturated carbocycles. The summed E-state index contributed by atoms with van der Waals surface area (Å²) < 4.78 is 0. The van der Waals surface area contributed by atoms with Crippen molar-refractivity contribution in [2.45, 2.75) is 177 Å². The van der Waals surface area contributed by atoms with E-state index in [4.69, 9.17) is 0 Å². The summed E-state index contributed by atoms with van der Waals surface area (Å²) in [5, 5.41) is 0. The van der Waals surface area contributed by atoms with Gasteiger partial charge in [-0.05, 0) is 102 Å². The van der Waals surface area contributed by atoms with E-state index in [1.807, 2.05) is 0 Å². The number of allylic oxidation sites excluding steroid dienone is 10. The third-order valence-corrected chi connectivity index (χ3v) is 9.90. The van der Waals surface area contributed by atoms with Crippen molar-refractivity contribution in [3.8, 4) is 0 Å². The first-order valence-corrected chi connectivity index (χ1v) is 17.8. The van der Waals surface area contributed by atoms with Crippen molar-refractivity contribution in [1.82, 2.24) is 0 Å². The Morgan fingerprint density at radius 3 is 2.00 bits per heavy atom. The Balaban J connectivity index is 2.70. The van der Waals surface area contributed by atoms with Crippen LogP contribution in [0.15, 0.2) is 70.4 Å². The Labute approximate surface area is 258 Å². The lowest BCUT2D eigenvalue weighted by molar-refractivity contribution is 0.423. The molecule has 0 bridgehead atoms. The maximum absolute atomic E-state index is 4.63. The van der Waals surface area contributed by atoms with Crippen LogP contribution in [0.4, 0.5) is 0 Å². The second kappa shape index (κ2) is 23.0. The average molecular weight is 563 g/mol. The molecule has 0 aromatic rings. The molecule has 0 heteroatoms. The van der Waals surface area contributed by atoms with E-state index in [0.29, 0.717) is 5.92 Å². The molecule has 1 aliphatic rings. The zero-order chi connectivity index (χ0) is 30.5. The Morgan fingerprint density at radius 1 is 0.756 bits per heavy atom. The summed E-state index contributed by atoms with van der Waals surface area (Å²) in [6.45, 7) is 25.0. The Bertz CT molecular complexity index is 860. The van der Waals surface area contributed by atoms with Gasteiger partial charge in [0.25, 0.3) is 0 Å². The molecule has 41 heavy (non-hydrogen) atoms. The third kappa shape index (κ3) is 16.0. The number of hydrogen-bond acceptors (Lipinski definition) is 0. The van der Waals surface area contributed by atoms with Gasteiger partial charge in [-0.3, -0.25) is 0 Å². The maximum Gasteiger partial charge on any atom is -0.0133 e. The van der Waals surface area contributed by atoms with Gasteiger partial charge in [-0.1, -0.05) is 157 Å². The second-order valence-corrected chi connectivity index (χ2v) is 13.4. The molecule has 1 unspecified atom stereocenters. The van der Waals surface area contributed by atoms with Crippen molar-refractivity contribution >= 4 is 0 Å². The molecule has 0 radical (unpaired) electrons. The van der Waals surface area contributed by atoms with E-state index in [-0.39, 0.29) is 0 Å². The monoisotopic (exact) mass is 563 g/mol. The smallest absolute Gasteiger partial charge is 0.0133 e. The van der Waals surface area contributed by atoms with E-state index in [0.717, 1.165) is 25.2 Å². The first kappa shape index (κ1) is 37.5. The van der Waals surface area contributed by atoms with Gasteiger partial charge in [0, 0.05) is 0 Å². The second-order valence-electron chi connectivity index (χ2n) is 13.4. The van der Waals surface area contributed by atoms with Gasteiger partial charge in [0.1, 0.15) is 0 Å². The number of hydrogen-bond donors (Lipinski definition) is 0. The summed E-state index contributed by atoms with van der Waals surface area (Å²) in [6, 6.07) is 0. The molecule has 0 saturated heterocycles. The lowest BCUT2D eigenvalue weighted by Crippen LogP contribution is -2.05. The van der Waals surface area contributed by atoms with Crippen molar-refractivity contribution in [2.75, 3.05) is 0 Å². The fraction of sp³-hybridized carbons (Fsp3) is 0.707. The molecule has 0 spiro atoms. The van der Waals surface area contributed by atoms with Crippen molar-refractivity contribution in [2.24, 2.45) is 11.8 Å². The first-order valence-electron chi connectivity index (χ1n) is 17.8. The Hall–Kier alpha value is -1.56. The fourth-order valence-electron chi connectivity index (χ4n) is 6.69. The normalized spacial score (nSPS) is 18.1. The van der Waals surface area contributed by atoms with Crippen LogP contribution in [-0.2, 0) is 0 Å². The van der Waals surface area contributed by atoms with Crippen LogP contribution in [-0.4, -0.2) is 0 Å². The molecular formula is C41H70. The predicted molar refractivity (Wildman–Crippen MR) is 189 cm³/mol. The first-order chi connectivity index (χ1) is 19.8. The van der Waals surface area contributed by atoms with Crippen LogP contribution in [0.5, 0.6) is 0 Å². The van der Waals surface area contributed by atoms with Crippen LogP contribution < -0.4 is 0 Å². The standard InChI is InChI=1S/C41H70/c1-10-23-33(5)34(6)29-30-38(12-3)25-21-18-22-28-41(24-11-2)36(8)32-40(13-4)37(9)35(7)31-39-26-19-16-14-15-17-20-27-39/h12,30,32,39,41H,3,8,10-11,13-29,31H2,1-2,4-7,9H3. The molecule has 0 N–H and O–H groups in total. The quantitative estimate of drug-likeness (QED) is 0.0834. The van der Waals surface area contributed by atoms with Gasteiger partial charge in [-0.2, -0.15) is 0 Å². The number of rotatable bonds is 19. The van der Waals surface area contributed by atoms with E-state index in [1.54, 1.807) is 16.7 Å². The minimum atomic E-state index is 0.618. The third-order valence-electron chi connectivity index (χ3n) is 9.90. The summed E-state index contributed by atoms with van der Waals surface area (Å²) in [5.74, 6) is 1.51. The van der Waals surface area contributed by atoms with E-state index in [2.05, 4.69) is 79.9 Å². The Kier molecular flexibility index (Phi) is 21.0. The van der Waals surface area contributed by atoms with E-state index < -0.39 is 0 Å². The highest BCUT2D eigenvalue weighted by molar-refractivity contribution is 5.38. The van der Waals surface area contributed by atoms with Crippen LogP contribution in [0.3, 0.4) is 0 Å². The van der Waals surface area contributed by atoms with E-state index >= 15 is 0 Å². The van der Waals surface area contributed by atoms with Crippen molar-refractivity contribution in [1.29, 1.82) is 0 Å². The molecule has 0 aliphatic heterocycles. The molecule has 0 heterocycles. The summed E-state index contributed by atoms with van der Waals surface area (Å²) in [5.41, 5.74) is 10.6. The van der Waals surface area contributed by atoms with Crippen LogP contribution >= 0.6 is 0 Å². The summed E-state index contributed by atoms with van der Waals surface area (Å²) in [6.07, 6.45) is 33.2. The highest BCUT2D eigenvalue weighted by atomic mass is 14.2. The van der Waals surface area contributed by atoms with E-state index in [9.17, 15) is 0 Å². The molecule has 0 amide bonds. The molecule has 0 aromatic heterocycles. The minimum absolute atomic E-state index is 0.618. The lowest BCUT2D eigenvalue weighted by atomic mass is 9.85. The molecule has 1 fully saturated rings. The molecule has 0 nitrogen and oxygen atoms in total. The van der Waals surface area contributed by atoms with Gasteiger partial charge in [-0.15, -0.1) is 0 Å². The maximum atomic E-state index is 4.63. The van der Waals surface area contributed by atoms with Crippen LogP contribution in [0, 0.1) is 11.8 Å². The van der Waals surface area contributed by atoms with Crippen molar-refractivity contribution in [3.05, 3.63) is 70.4 Å². The minimum Gasteiger partial charge on any atom is -0.0988 e. The summed E-state index contributed by atoms with van der Waals surface area (Å²) >= 11 is 0. The largest absolute Gasteiger partial charge is 0.0988 e. The highest BCUT2D eigenvalue weighted by Gasteiger charge is 2.15. The zero-order valence-corrected chi connectivity index (χ0v) is 28.9.